The summed E-state index contributed by atoms with van der Waals surface area (Å²) < 4.78 is 0. The Balaban J connectivity index is 0.000000284. The van der Waals surface area contributed by atoms with E-state index in [-0.39, 0.29) is 51.0 Å². The molecule has 0 saturated carbocycles. The molecular formula is C32H29Cl2SiZr. The van der Waals surface area contributed by atoms with E-state index in [1.165, 1.54) is 45.5 Å². The van der Waals surface area contributed by atoms with Gasteiger partial charge in [0.15, 0.2) is 0 Å². The molecule has 179 valence electrons. The molecule has 6 rings (SSSR count). The molecule has 0 fully saturated rings. The van der Waals surface area contributed by atoms with E-state index in [1.807, 2.05) is 18.2 Å². The Labute approximate surface area is 250 Å². The van der Waals surface area contributed by atoms with Crippen LogP contribution in [-0.4, -0.2) is 9.52 Å². The van der Waals surface area contributed by atoms with Crippen LogP contribution in [0.2, 0.25) is 0 Å². The largest absolute Gasteiger partial charge is 4.00 e. The van der Waals surface area contributed by atoms with Crippen LogP contribution in [0.3, 0.4) is 0 Å². The first-order chi connectivity index (χ1) is 16.4. The van der Waals surface area contributed by atoms with Gasteiger partial charge < -0.3 is 24.8 Å². The second kappa shape index (κ2) is 18.3. The van der Waals surface area contributed by atoms with Crippen molar-refractivity contribution >= 4 is 9.52 Å². The van der Waals surface area contributed by atoms with Gasteiger partial charge in [0.05, 0.1) is 0 Å². The van der Waals surface area contributed by atoms with Crippen molar-refractivity contribution < 1.29 is 51.0 Å². The average molecular weight is 604 g/mol. The third kappa shape index (κ3) is 10.2. The second-order valence-electron chi connectivity index (χ2n) is 8.07. The van der Waals surface area contributed by atoms with Crippen molar-refractivity contribution in [1.29, 1.82) is 0 Å². The zero-order valence-corrected chi connectivity index (χ0v) is 25.3. The van der Waals surface area contributed by atoms with Gasteiger partial charge in [-0.05, 0) is 18.5 Å². The molecule has 2 aliphatic rings. The molecular weight excluding hydrogens is 575 g/mol. The summed E-state index contributed by atoms with van der Waals surface area (Å²) in [6, 6.07) is 42.2. The van der Waals surface area contributed by atoms with E-state index in [9.17, 15) is 0 Å². The van der Waals surface area contributed by atoms with E-state index in [0.717, 1.165) is 12.8 Å². The third-order valence-corrected chi connectivity index (χ3v) is 7.17. The number of rotatable bonds is 4. The summed E-state index contributed by atoms with van der Waals surface area (Å²) in [5.74, 6) is 0. The smallest absolute Gasteiger partial charge is 1.00 e. The van der Waals surface area contributed by atoms with Gasteiger partial charge in [0, 0.05) is 9.52 Å². The van der Waals surface area contributed by atoms with Crippen molar-refractivity contribution in [2.75, 3.05) is 0 Å². The zero-order valence-electron chi connectivity index (χ0n) is 20.2. The van der Waals surface area contributed by atoms with Crippen molar-refractivity contribution in [3.63, 3.8) is 0 Å². The molecule has 0 saturated heterocycles. The molecule has 0 N–H and O–H groups in total. The molecule has 0 unspecified atom stereocenters. The number of halogens is 2. The Hall–Kier alpha value is -1.96. The van der Waals surface area contributed by atoms with E-state index >= 15 is 0 Å². The summed E-state index contributed by atoms with van der Waals surface area (Å²) in [5.41, 5.74) is 8.46. The molecule has 1 radical (unpaired) electrons. The van der Waals surface area contributed by atoms with Crippen LogP contribution in [0.5, 0.6) is 0 Å². The molecule has 0 aliphatic heterocycles. The van der Waals surface area contributed by atoms with Crippen LogP contribution in [0.1, 0.15) is 28.7 Å². The summed E-state index contributed by atoms with van der Waals surface area (Å²) in [7, 11) is 0.501. The standard InChI is InChI=1S/C14H15Si.C13H9.C5H5.2ClH.Zr/c1-3-7-13(8-4-1)11-15-12-14-9-5-2-6-10-14;1-3-7-12-10(5-1)9-11-6-2-4-8-13(11)12;1-2-4-5-3-1;;;/h1-10,15H,11-12H2;1-5,7-8H,9H2;1-3H,4H2;2*1H;/q;2*-1;;;+4/p-2. The molecule has 4 aromatic rings. The number of benzene rings is 4. The van der Waals surface area contributed by atoms with Crippen molar-refractivity contribution in [3.8, 4) is 11.1 Å². The molecule has 0 atom stereocenters. The van der Waals surface area contributed by atoms with E-state index in [0.29, 0.717) is 9.52 Å². The van der Waals surface area contributed by atoms with Crippen molar-refractivity contribution in [1.82, 2.24) is 0 Å². The van der Waals surface area contributed by atoms with Crippen molar-refractivity contribution in [2.24, 2.45) is 0 Å². The molecule has 36 heavy (non-hydrogen) atoms. The predicted molar refractivity (Wildman–Crippen MR) is 143 cm³/mol. The minimum absolute atomic E-state index is 0. The summed E-state index contributed by atoms with van der Waals surface area (Å²) in [6.07, 6.45) is 11.0. The maximum atomic E-state index is 3.30. The van der Waals surface area contributed by atoms with Crippen LogP contribution >= 0.6 is 0 Å². The number of hydrogen-bond acceptors (Lipinski definition) is 0. The Morgan fingerprint density at radius 3 is 1.81 bits per heavy atom. The average Bonchev–Trinajstić information content (AvgIpc) is 3.58. The molecule has 0 amide bonds. The van der Waals surface area contributed by atoms with Crippen molar-refractivity contribution in [3.05, 3.63) is 156 Å². The molecule has 2 aliphatic carbocycles. The minimum Gasteiger partial charge on any atom is -1.00 e. The maximum absolute atomic E-state index is 3.30. The monoisotopic (exact) mass is 601 g/mol. The number of allylic oxidation sites excluding steroid dienone is 4. The SMILES string of the molecule is [C-]1=CC=CC1.[Cl-].[Cl-].[Zr+4].[c-]1cccc2c1Cc1ccccc1-2.c1ccc(C[SiH]Cc2ccccc2)cc1. The molecule has 0 aromatic heterocycles. The van der Waals surface area contributed by atoms with Crippen LogP contribution in [-0.2, 0) is 44.7 Å². The van der Waals surface area contributed by atoms with Gasteiger partial charge in [-0.25, -0.2) is 12.2 Å². The topological polar surface area (TPSA) is 0 Å². The van der Waals surface area contributed by atoms with Crippen LogP contribution in [0.4, 0.5) is 0 Å². The molecule has 4 heteroatoms. The van der Waals surface area contributed by atoms with E-state index < -0.39 is 0 Å². The van der Waals surface area contributed by atoms with Crippen LogP contribution in [0.15, 0.2) is 121 Å². The Bertz CT molecular complexity index is 1100. The number of hydrogen-bond donors (Lipinski definition) is 0. The Morgan fingerprint density at radius 2 is 1.25 bits per heavy atom. The fourth-order valence-electron chi connectivity index (χ4n) is 3.97. The first-order valence-corrected chi connectivity index (χ1v) is 13.2. The predicted octanol–water partition coefficient (Wildman–Crippen LogP) is 1.19. The molecule has 0 bridgehead atoms. The van der Waals surface area contributed by atoms with Crippen molar-refractivity contribution in [2.45, 2.75) is 24.9 Å². The van der Waals surface area contributed by atoms with E-state index in [4.69, 9.17) is 0 Å². The van der Waals surface area contributed by atoms with Gasteiger partial charge in [0.25, 0.3) is 0 Å². The summed E-state index contributed by atoms with van der Waals surface area (Å²) in [6.45, 7) is 0. The summed E-state index contributed by atoms with van der Waals surface area (Å²) in [4.78, 5) is 0. The summed E-state index contributed by atoms with van der Waals surface area (Å²) >= 11 is 0. The summed E-state index contributed by atoms with van der Waals surface area (Å²) in [5, 5.41) is 0. The minimum atomic E-state index is 0. The van der Waals surface area contributed by atoms with Crippen LogP contribution < -0.4 is 24.8 Å². The van der Waals surface area contributed by atoms with E-state index in [1.54, 1.807) is 0 Å². The zero-order chi connectivity index (χ0) is 22.6. The fraction of sp³-hybridized carbons (Fsp3) is 0.125. The van der Waals surface area contributed by atoms with E-state index in [2.05, 4.69) is 115 Å². The fourth-order valence-corrected chi connectivity index (χ4v) is 5.33. The molecule has 0 nitrogen and oxygen atoms in total. The Morgan fingerprint density at radius 1 is 0.667 bits per heavy atom. The van der Waals surface area contributed by atoms with Gasteiger partial charge in [-0.3, -0.25) is 6.08 Å². The molecule has 0 heterocycles. The first kappa shape index (κ1) is 32.1. The quantitative estimate of drug-likeness (QED) is 0.214. The molecule has 4 aromatic carbocycles. The third-order valence-electron chi connectivity index (χ3n) is 5.65. The van der Waals surface area contributed by atoms with Gasteiger partial charge in [-0.1, -0.05) is 107 Å². The Kier molecular flexibility index (Phi) is 16.3. The number of fused-ring (bicyclic) bond motifs is 3. The van der Waals surface area contributed by atoms with Gasteiger partial charge in [-0.2, -0.15) is 35.9 Å². The second-order valence-corrected chi connectivity index (χ2v) is 9.46. The maximum Gasteiger partial charge on any atom is 4.00 e. The van der Waals surface area contributed by atoms with Gasteiger partial charge in [0.2, 0.25) is 0 Å². The first-order valence-electron chi connectivity index (χ1n) is 11.6. The van der Waals surface area contributed by atoms with Gasteiger partial charge in [-0.15, -0.1) is 12.0 Å². The van der Waals surface area contributed by atoms with Gasteiger partial charge in [0.1, 0.15) is 0 Å². The van der Waals surface area contributed by atoms with Gasteiger partial charge >= 0.3 is 26.2 Å². The van der Waals surface area contributed by atoms with Crippen LogP contribution in [0.25, 0.3) is 11.1 Å². The normalized spacial score (nSPS) is 11.1. The van der Waals surface area contributed by atoms with Crippen LogP contribution in [0, 0.1) is 12.1 Å². The molecule has 0 spiro atoms.